The van der Waals surface area contributed by atoms with Crippen LogP contribution in [0.15, 0.2) is 24.3 Å². The SMILES string of the molecule is CO[C@@]12CCC(OCC3CC3)CC1N(C(=O)c1ccc(C#N)cc1)CC2. The molecule has 0 bridgehead atoms. The molecule has 1 aromatic carbocycles. The van der Waals surface area contributed by atoms with Crippen LogP contribution in [0, 0.1) is 17.2 Å². The Bertz CT molecular complexity index is 707. The third-order valence-electron chi connectivity index (χ3n) is 6.33. The summed E-state index contributed by atoms with van der Waals surface area (Å²) in [5.41, 5.74) is 0.971. The molecule has 2 unspecified atom stereocenters. The lowest BCUT2D eigenvalue weighted by Crippen LogP contribution is -2.53. The predicted molar refractivity (Wildman–Crippen MR) is 96.7 cm³/mol. The van der Waals surface area contributed by atoms with Gasteiger partial charge in [0.1, 0.15) is 0 Å². The molecule has 0 aromatic heterocycles. The molecule has 138 valence electrons. The van der Waals surface area contributed by atoms with Crippen molar-refractivity contribution < 1.29 is 14.3 Å². The zero-order chi connectivity index (χ0) is 18.1. The minimum Gasteiger partial charge on any atom is -0.378 e. The topological polar surface area (TPSA) is 62.6 Å². The van der Waals surface area contributed by atoms with Gasteiger partial charge in [0.25, 0.3) is 5.91 Å². The van der Waals surface area contributed by atoms with Crippen molar-refractivity contribution in [3.8, 4) is 6.07 Å². The Kier molecular flexibility index (Phi) is 4.73. The number of rotatable bonds is 5. The molecule has 3 aliphatic rings. The van der Waals surface area contributed by atoms with E-state index in [0.717, 1.165) is 38.2 Å². The van der Waals surface area contributed by atoms with Crippen molar-refractivity contribution in [3.63, 3.8) is 0 Å². The summed E-state index contributed by atoms with van der Waals surface area (Å²) in [6.07, 6.45) is 6.49. The van der Waals surface area contributed by atoms with Gasteiger partial charge in [-0.25, -0.2) is 0 Å². The lowest BCUT2D eigenvalue weighted by atomic mass is 9.79. The van der Waals surface area contributed by atoms with Crippen LogP contribution in [0.2, 0.25) is 0 Å². The molecule has 4 rings (SSSR count). The molecular weight excluding hydrogens is 328 g/mol. The number of hydrogen-bond acceptors (Lipinski definition) is 4. The first-order valence-electron chi connectivity index (χ1n) is 9.63. The molecule has 0 spiro atoms. The molecule has 3 fully saturated rings. The van der Waals surface area contributed by atoms with Crippen LogP contribution in [-0.4, -0.2) is 48.8 Å². The van der Waals surface area contributed by atoms with Gasteiger partial charge in [0.05, 0.1) is 29.4 Å². The monoisotopic (exact) mass is 354 g/mol. The number of methoxy groups -OCH3 is 1. The zero-order valence-electron chi connectivity index (χ0n) is 15.3. The van der Waals surface area contributed by atoms with Gasteiger partial charge < -0.3 is 14.4 Å². The molecule has 0 N–H and O–H groups in total. The van der Waals surface area contributed by atoms with Gasteiger partial charge in [-0.15, -0.1) is 0 Å². The fourth-order valence-corrected chi connectivity index (χ4v) is 4.47. The van der Waals surface area contributed by atoms with E-state index < -0.39 is 0 Å². The molecule has 1 aliphatic heterocycles. The van der Waals surface area contributed by atoms with E-state index in [2.05, 4.69) is 6.07 Å². The number of benzene rings is 1. The second-order valence-electron chi connectivity index (χ2n) is 7.90. The first-order chi connectivity index (χ1) is 12.6. The summed E-state index contributed by atoms with van der Waals surface area (Å²) in [5.74, 6) is 0.783. The number of fused-ring (bicyclic) bond motifs is 1. The third-order valence-corrected chi connectivity index (χ3v) is 6.33. The van der Waals surface area contributed by atoms with Crippen molar-refractivity contribution >= 4 is 5.91 Å². The van der Waals surface area contributed by atoms with E-state index in [1.807, 2.05) is 4.90 Å². The first kappa shape index (κ1) is 17.5. The molecule has 3 atom stereocenters. The van der Waals surface area contributed by atoms with Crippen molar-refractivity contribution in [1.82, 2.24) is 4.90 Å². The largest absolute Gasteiger partial charge is 0.378 e. The number of ether oxygens (including phenoxy) is 2. The highest BCUT2D eigenvalue weighted by atomic mass is 16.5. The Morgan fingerprint density at radius 2 is 2.04 bits per heavy atom. The van der Waals surface area contributed by atoms with Crippen LogP contribution in [0.1, 0.15) is 54.4 Å². The highest BCUT2D eigenvalue weighted by Gasteiger charge is 2.52. The fraction of sp³-hybridized carbons (Fsp3) is 0.619. The zero-order valence-corrected chi connectivity index (χ0v) is 15.3. The van der Waals surface area contributed by atoms with Crippen LogP contribution < -0.4 is 0 Å². The summed E-state index contributed by atoms with van der Waals surface area (Å²) in [4.78, 5) is 15.1. The molecule has 1 heterocycles. The van der Waals surface area contributed by atoms with Crippen LogP contribution in [0.25, 0.3) is 0 Å². The van der Waals surface area contributed by atoms with Gasteiger partial charge in [0.15, 0.2) is 0 Å². The Morgan fingerprint density at radius 1 is 1.27 bits per heavy atom. The molecule has 0 radical (unpaired) electrons. The van der Waals surface area contributed by atoms with Gasteiger partial charge in [-0.3, -0.25) is 4.79 Å². The Morgan fingerprint density at radius 3 is 2.69 bits per heavy atom. The molecule has 5 nitrogen and oxygen atoms in total. The van der Waals surface area contributed by atoms with E-state index in [4.69, 9.17) is 14.7 Å². The summed E-state index contributed by atoms with van der Waals surface area (Å²) in [5, 5.41) is 8.95. The number of amides is 1. The Hall–Kier alpha value is -1.90. The van der Waals surface area contributed by atoms with Crippen LogP contribution in [-0.2, 0) is 9.47 Å². The molecule has 2 aliphatic carbocycles. The maximum Gasteiger partial charge on any atom is 0.254 e. The molecule has 5 heteroatoms. The molecule has 1 aromatic rings. The smallest absolute Gasteiger partial charge is 0.254 e. The van der Waals surface area contributed by atoms with Gasteiger partial charge in [0, 0.05) is 25.8 Å². The maximum atomic E-state index is 13.1. The second-order valence-corrected chi connectivity index (χ2v) is 7.90. The standard InChI is InChI=1S/C21H26N2O3/c1-25-21-9-8-18(26-14-16-2-3-16)12-19(21)23(11-10-21)20(24)17-6-4-15(13-22)5-7-17/h4-7,16,18-19H,2-3,8-12,14H2,1H3/t18?,19?,21-/m1/s1. The van der Waals surface area contributed by atoms with Crippen LogP contribution >= 0.6 is 0 Å². The number of hydrogen-bond donors (Lipinski definition) is 0. The van der Waals surface area contributed by atoms with E-state index in [1.54, 1.807) is 31.4 Å². The lowest BCUT2D eigenvalue weighted by Gasteiger charge is -2.43. The minimum absolute atomic E-state index is 0.0289. The average Bonchev–Trinajstić information content (AvgIpc) is 3.45. The molecule has 2 saturated carbocycles. The highest BCUT2D eigenvalue weighted by molar-refractivity contribution is 5.94. The third kappa shape index (κ3) is 3.24. The van der Waals surface area contributed by atoms with Crippen LogP contribution in [0.4, 0.5) is 0 Å². The van der Waals surface area contributed by atoms with Crippen molar-refractivity contribution in [3.05, 3.63) is 35.4 Å². The van der Waals surface area contributed by atoms with Crippen molar-refractivity contribution in [2.75, 3.05) is 20.3 Å². The summed E-state index contributed by atoms with van der Waals surface area (Å²) in [6, 6.07) is 9.06. The first-order valence-corrected chi connectivity index (χ1v) is 9.63. The average molecular weight is 354 g/mol. The lowest BCUT2D eigenvalue weighted by molar-refractivity contribution is -0.0977. The summed E-state index contributed by atoms with van der Waals surface area (Å²) in [6.45, 7) is 1.58. The van der Waals surface area contributed by atoms with Gasteiger partial charge in [-0.2, -0.15) is 5.26 Å². The molecule has 26 heavy (non-hydrogen) atoms. The van der Waals surface area contributed by atoms with E-state index >= 15 is 0 Å². The molecular formula is C21H26N2O3. The number of carbonyl (C=O) groups excluding carboxylic acids is 1. The molecule has 1 saturated heterocycles. The summed E-state index contributed by atoms with van der Waals surface area (Å²) >= 11 is 0. The second kappa shape index (κ2) is 7.02. The van der Waals surface area contributed by atoms with Crippen molar-refractivity contribution in [2.24, 2.45) is 5.92 Å². The van der Waals surface area contributed by atoms with Crippen molar-refractivity contribution in [2.45, 2.75) is 56.3 Å². The number of nitrogens with zero attached hydrogens (tertiary/aromatic N) is 2. The number of likely N-dealkylation sites (tertiary alicyclic amines) is 1. The predicted octanol–water partition coefficient (Wildman–Crippen LogP) is 3.14. The van der Waals surface area contributed by atoms with Crippen LogP contribution in [0.3, 0.4) is 0 Å². The quantitative estimate of drug-likeness (QED) is 0.815. The van der Waals surface area contributed by atoms with Gasteiger partial charge in [-0.05, 0) is 68.7 Å². The maximum absolute atomic E-state index is 13.1. The normalized spacial score (nSPS) is 30.7. The number of nitriles is 1. The fourth-order valence-electron chi connectivity index (χ4n) is 4.47. The van der Waals surface area contributed by atoms with Gasteiger partial charge in [-0.1, -0.05) is 0 Å². The summed E-state index contributed by atoms with van der Waals surface area (Å²) in [7, 11) is 1.77. The van der Waals surface area contributed by atoms with E-state index in [0.29, 0.717) is 17.7 Å². The van der Waals surface area contributed by atoms with E-state index in [1.165, 1.54) is 12.8 Å². The van der Waals surface area contributed by atoms with E-state index in [-0.39, 0.29) is 23.7 Å². The van der Waals surface area contributed by atoms with Gasteiger partial charge in [0.2, 0.25) is 0 Å². The van der Waals surface area contributed by atoms with E-state index in [9.17, 15) is 4.79 Å². The Balaban J connectivity index is 1.49. The van der Waals surface area contributed by atoms with Gasteiger partial charge >= 0.3 is 0 Å². The van der Waals surface area contributed by atoms with Crippen molar-refractivity contribution in [1.29, 1.82) is 5.26 Å². The van der Waals surface area contributed by atoms with Crippen LogP contribution in [0.5, 0.6) is 0 Å². The minimum atomic E-state index is -0.234. The molecule has 1 amide bonds. The summed E-state index contributed by atoms with van der Waals surface area (Å²) < 4.78 is 12.1. The number of carbonyl (C=O) groups is 1. The Labute approximate surface area is 154 Å². The highest BCUT2D eigenvalue weighted by Crippen LogP contribution is 2.44.